The molecule has 0 aliphatic carbocycles. The molecule has 0 amide bonds. The van der Waals surface area contributed by atoms with Crippen molar-refractivity contribution in [2.75, 3.05) is 0 Å². The molecule has 0 fully saturated rings. The van der Waals surface area contributed by atoms with Crippen LogP contribution in [0, 0.1) is 6.92 Å². The maximum Gasteiger partial charge on any atom is 0.160 e. The van der Waals surface area contributed by atoms with Gasteiger partial charge in [0, 0.05) is 0 Å². The number of rotatable bonds is 2. The molecule has 0 saturated heterocycles. The van der Waals surface area contributed by atoms with Crippen LogP contribution in [0.25, 0.3) is 0 Å². The lowest BCUT2D eigenvalue weighted by Gasteiger charge is -2.06. The van der Waals surface area contributed by atoms with Crippen molar-refractivity contribution in [3.8, 4) is 11.5 Å². The highest BCUT2D eigenvalue weighted by atomic mass is 16.3. The predicted molar refractivity (Wildman–Crippen MR) is 48.5 cm³/mol. The topological polar surface area (TPSA) is 40.5 Å². The summed E-state index contributed by atoms with van der Waals surface area (Å²) in [5.41, 5.74) is 1.54. The van der Waals surface area contributed by atoms with Gasteiger partial charge in [0.1, 0.15) is 0 Å². The van der Waals surface area contributed by atoms with E-state index in [4.69, 9.17) is 0 Å². The van der Waals surface area contributed by atoms with Crippen LogP contribution >= 0.6 is 0 Å². The first-order valence-electron chi connectivity index (χ1n) is 4.17. The van der Waals surface area contributed by atoms with Crippen molar-refractivity contribution in [3.63, 3.8) is 0 Å². The molecule has 0 aromatic heterocycles. The van der Waals surface area contributed by atoms with Gasteiger partial charge in [-0.3, -0.25) is 0 Å². The quantitative estimate of drug-likeness (QED) is 0.662. The highest BCUT2D eigenvalue weighted by Gasteiger charge is 2.07. The smallest absolute Gasteiger partial charge is 0.160 e. The molecule has 0 spiro atoms. The first-order chi connectivity index (χ1) is 5.66. The molecule has 0 radical (unpaired) electrons. The zero-order chi connectivity index (χ0) is 9.14. The Labute approximate surface area is 72.5 Å². The molecule has 0 unspecified atom stereocenters. The van der Waals surface area contributed by atoms with Gasteiger partial charge < -0.3 is 10.2 Å². The van der Waals surface area contributed by atoms with Gasteiger partial charge in [-0.05, 0) is 24.5 Å². The average molecular weight is 166 g/mol. The monoisotopic (exact) mass is 166 g/mol. The Morgan fingerprint density at radius 1 is 1.17 bits per heavy atom. The fraction of sp³-hybridized carbons (Fsp3) is 0.400. The van der Waals surface area contributed by atoms with Crippen LogP contribution in [0.2, 0.25) is 0 Å². The summed E-state index contributed by atoms with van der Waals surface area (Å²) in [6.45, 7) is 3.81. The summed E-state index contributed by atoms with van der Waals surface area (Å²) in [5, 5.41) is 18.8. The molecule has 0 saturated carbocycles. The van der Waals surface area contributed by atoms with Crippen molar-refractivity contribution < 1.29 is 10.2 Å². The fourth-order valence-corrected chi connectivity index (χ4v) is 1.19. The van der Waals surface area contributed by atoms with Gasteiger partial charge in [0.2, 0.25) is 0 Å². The molecule has 1 rings (SSSR count). The van der Waals surface area contributed by atoms with Crippen molar-refractivity contribution in [2.24, 2.45) is 0 Å². The lowest BCUT2D eigenvalue weighted by molar-refractivity contribution is 0.396. The Morgan fingerprint density at radius 2 is 1.83 bits per heavy atom. The Bertz CT molecular complexity index is 279. The number of aromatic hydroxyl groups is 2. The Kier molecular flexibility index (Phi) is 2.58. The molecule has 2 N–H and O–H groups in total. The van der Waals surface area contributed by atoms with Crippen LogP contribution in [0.3, 0.4) is 0 Å². The summed E-state index contributed by atoms with van der Waals surface area (Å²) in [4.78, 5) is 0. The lowest BCUT2D eigenvalue weighted by atomic mass is 10.1. The van der Waals surface area contributed by atoms with Crippen LogP contribution in [0.1, 0.15) is 24.5 Å². The van der Waals surface area contributed by atoms with Gasteiger partial charge in [0.25, 0.3) is 0 Å². The van der Waals surface area contributed by atoms with Crippen molar-refractivity contribution in [1.82, 2.24) is 0 Å². The summed E-state index contributed by atoms with van der Waals surface area (Å²) in [5.74, 6) is 0.0535. The SMILES string of the molecule is CCCc1ccc(C)c(O)c1O. The van der Waals surface area contributed by atoms with Gasteiger partial charge in [0.15, 0.2) is 11.5 Å². The first-order valence-corrected chi connectivity index (χ1v) is 4.17. The molecule has 1 aromatic carbocycles. The highest BCUT2D eigenvalue weighted by molar-refractivity contribution is 5.49. The van der Waals surface area contributed by atoms with E-state index in [0.29, 0.717) is 5.56 Å². The van der Waals surface area contributed by atoms with E-state index in [2.05, 4.69) is 0 Å². The molecule has 2 nitrogen and oxygen atoms in total. The summed E-state index contributed by atoms with van der Waals surface area (Å²) in [7, 11) is 0. The normalized spacial score (nSPS) is 10.2. The average Bonchev–Trinajstić information content (AvgIpc) is 2.07. The standard InChI is InChI=1S/C10H14O2/c1-3-4-8-6-5-7(2)9(11)10(8)12/h5-6,11-12H,3-4H2,1-2H3. The predicted octanol–water partition coefficient (Wildman–Crippen LogP) is 2.36. The zero-order valence-corrected chi connectivity index (χ0v) is 7.46. The molecule has 0 atom stereocenters. The van der Waals surface area contributed by atoms with Gasteiger partial charge >= 0.3 is 0 Å². The van der Waals surface area contributed by atoms with Crippen LogP contribution in [0.5, 0.6) is 11.5 Å². The summed E-state index contributed by atoms with van der Waals surface area (Å²) in [6, 6.07) is 3.67. The summed E-state index contributed by atoms with van der Waals surface area (Å²) < 4.78 is 0. The maximum atomic E-state index is 9.46. The molecule has 0 bridgehead atoms. The van der Waals surface area contributed by atoms with Crippen LogP contribution in [-0.4, -0.2) is 10.2 Å². The number of aryl methyl sites for hydroxylation is 2. The van der Waals surface area contributed by atoms with Gasteiger partial charge in [0.05, 0.1) is 0 Å². The van der Waals surface area contributed by atoms with Crippen LogP contribution in [0.4, 0.5) is 0 Å². The minimum absolute atomic E-state index is 0.0148. The minimum atomic E-state index is 0.0148. The van der Waals surface area contributed by atoms with E-state index >= 15 is 0 Å². The third kappa shape index (κ3) is 1.52. The second-order valence-corrected chi connectivity index (χ2v) is 2.99. The van der Waals surface area contributed by atoms with Crippen LogP contribution < -0.4 is 0 Å². The van der Waals surface area contributed by atoms with Gasteiger partial charge in [-0.25, -0.2) is 0 Å². The number of hydrogen-bond acceptors (Lipinski definition) is 2. The van der Waals surface area contributed by atoms with E-state index in [1.165, 1.54) is 0 Å². The fourth-order valence-electron chi connectivity index (χ4n) is 1.19. The van der Waals surface area contributed by atoms with E-state index in [9.17, 15) is 10.2 Å². The maximum absolute atomic E-state index is 9.46. The van der Waals surface area contributed by atoms with Gasteiger partial charge in [-0.1, -0.05) is 25.5 Å². The number of phenols is 2. The van der Waals surface area contributed by atoms with Crippen LogP contribution in [-0.2, 0) is 6.42 Å². The van der Waals surface area contributed by atoms with Crippen molar-refractivity contribution in [1.29, 1.82) is 0 Å². The molecule has 12 heavy (non-hydrogen) atoms. The number of phenolic OH excluding ortho intramolecular Hbond substituents is 2. The van der Waals surface area contributed by atoms with E-state index in [-0.39, 0.29) is 11.5 Å². The number of hydrogen-bond donors (Lipinski definition) is 2. The third-order valence-electron chi connectivity index (χ3n) is 1.96. The molecule has 66 valence electrons. The van der Waals surface area contributed by atoms with Gasteiger partial charge in [-0.15, -0.1) is 0 Å². The summed E-state index contributed by atoms with van der Waals surface area (Å²) in [6.07, 6.45) is 1.77. The molecule has 0 heterocycles. The Morgan fingerprint density at radius 3 is 2.42 bits per heavy atom. The van der Waals surface area contributed by atoms with E-state index in [0.717, 1.165) is 18.4 Å². The molecule has 2 heteroatoms. The highest BCUT2D eigenvalue weighted by Crippen LogP contribution is 2.32. The second kappa shape index (κ2) is 3.48. The largest absolute Gasteiger partial charge is 0.504 e. The number of benzene rings is 1. The van der Waals surface area contributed by atoms with E-state index in [1.807, 2.05) is 19.1 Å². The van der Waals surface area contributed by atoms with Crippen molar-refractivity contribution in [2.45, 2.75) is 26.7 Å². The van der Waals surface area contributed by atoms with Crippen molar-refractivity contribution in [3.05, 3.63) is 23.3 Å². The molecule has 0 aliphatic heterocycles. The van der Waals surface area contributed by atoms with E-state index < -0.39 is 0 Å². The Balaban J connectivity index is 3.08. The third-order valence-corrected chi connectivity index (χ3v) is 1.96. The molecule has 0 aliphatic rings. The summed E-state index contributed by atoms with van der Waals surface area (Å²) >= 11 is 0. The van der Waals surface area contributed by atoms with E-state index in [1.54, 1.807) is 6.92 Å². The Hall–Kier alpha value is -1.18. The van der Waals surface area contributed by atoms with Crippen molar-refractivity contribution >= 4 is 0 Å². The lowest BCUT2D eigenvalue weighted by Crippen LogP contribution is -1.86. The molecular formula is C10H14O2. The van der Waals surface area contributed by atoms with Gasteiger partial charge in [-0.2, -0.15) is 0 Å². The first kappa shape index (κ1) is 8.91. The molecule has 1 aromatic rings. The molecular weight excluding hydrogens is 152 g/mol. The minimum Gasteiger partial charge on any atom is -0.504 e. The second-order valence-electron chi connectivity index (χ2n) is 2.99. The zero-order valence-electron chi connectivity index (χ0n) is 7.46. The van der Waals surface area contributed by atoms with Crippen LogP contribution in [0.15, 0.2) is 12.1 Å².